The van der Waals surface area contributed by atoms with Crippen molar-refractivity contribution in [2.45, 2.75) is 78.7 Å². The molecule has 0 saturated heterocycles. The van der Waals surface area contributed by atoms with Crippen LogP contribution in [-0.4, -0.2) is 99.6 Å². The molecule has 0 spiro atoms. The van der Waals surface area contributed by atoms with Crippen molar-refractivity contribution in [3.05, 3.63) is 65.4 Å². The van der Waals surface area contributed by atoms with E-state index in [2.05, 4.69) is 4.74 Å². The molecule has 1 aliphatic rings. The molecular weight excluding hydrogens is 917 g/mol. The van der Waals surface area contributed by atoms with E-state index in [0.717, 1.165) is 33.1 Å². The van der Waals surface area contributed by atoms with Gasteiger partial charge >= 0.3 is 63.0 Å². The molecule has 3 rings (SSSR count). The highest BCUT2D eigenvalue weighted by atomic mass is 32.3. The summed E-state index contributed by atoms with van der Waals surface area (Å²) in [4.78, 5) is 25.0. The number of carbonyl (C=O) groups is 2. The van der Waals surface area contributed by atoms with Crippen molar-refractivity contribution in [2.75, 3.05) is 14.2 Å². The standard InChI is InChI=1S/C31H24F17NO9S2/c1-14-6-11-19-17(12-14)20(50)18(21(58-19)23(2,3)22(51)57-5)13-49(59(52,53)16-9-7-15(56-4)8-10-16)60(54,55)31(47,48)29(42,43)27(38,39)25(34,35)24(32,33)26(36,37)28(40,41)30(44,45)46/h6-13,21H,1-5H3/b18-13+. The minimum absolute atomic E-state index is 0.121. The SMILES string of the molecule is COC(=O)C(C)(C)C1Oc2ccc(C)cc2C(=O)/C1=C\N(S(=O)(=O)c1ccc(OC)cc1)S(=O)(=O)C(F)(F)C(F)(F)C(F)(F)C(F)(F)C(F)(F)C(F)(F)C(F)(F)C(F)(F)F. The molecule has 0 amide bonds. The molecule has 0 aliphatic carbocycles. The van der Waals surface area contributed by atoms with Crippen LogP contribution in [0.4, 0.5) is 74.6 Å². The molecule has 0 radical (unpaired) electrons. The van der Waals surface area contributed by atoms with Crippen molar-refractivity contribution in [1.82, 2.24) is 3.71 Å². The van der Waals surface area contributed by atoms with Gasteiger partial charge in [0, 0.05) is 6.20 Å². The van der Waals surface area contributed by atoms with Gasteiger partial charge in [0.1, 0.15) is 23.0 Å². The fourth-order valence-corrected chi connectivity index (χ4v) is 8.52. The predicted octanol–water partition coefficient (Wildman–Crippen LogP) is 8.02. The summed E-state index contributed by atoms with van der Waals surface area (Å²) in [5.41, 5.74) is -4.73. The van der Waals surface area contributed by atoms with E-state index in [9.17, 15) is 83.5 Å². The van der Waals surface area contributed by atoms with E-state index >= 15 is 17.6 Å². The number of halogens is 17. The smallest absolute Gasteiger partial charge is 0.460 e. The van der Waals surface area contributed by atoms with Crippen LogP contribution >= 0.6 is 0 Å². The maximum absolute atomic E-state index is 15.7. The molecule has 0 N–H and O–H groups in total. The lowest BCUT2D eigenvalue weighted by molar-refractivity contribution is -0.458. The number of alkyl halides is 17. The van der Waals surface area contributed by atoms with Crippen molar-refractivity contribution < 1.29 is 115 Å². The molecule has 0 saturated carbocycles. The molecule has 1 atom stereocenters. The number of esters is 1. The number of ketones is 1. The number of aryl methyl sites for hydroxylation is 1. The largest absolute Gasteiger partial charge is 0.497 e. The van der Waals surface area contributed by atoms with Gasteiger partial charge in [-0.05, 0) is 57.2 Å². The summed E-state index contributed by atoms with van der Waals surface area (Å²) in [5, 5.41) is -8.40. The number of benzene rings is 2. The molecule has 338 valence electrons. The molecule has 1 heterocycles. The zero-order valence-corrected chi connectivity index (χ0v) is 31.7. The van der Waals surface area contributed by atoms with Crippen LogP contribution < -0.4 is 9.47 Å². The summed E-state index contributed by atoms with van der Waals surface area (Å²) in [6.07, 6.45) is -11.4. The van der Waals surface area contributed by atoms with Crippen molar-refractivity contribution in [1.29, 1.82) is 0 Å². The zero-order chi connectivity index (χ0) is 47.1. The van der Waals surface area contributed by atoms with Crippen LogP contribution in [0.1, 0.15) is 29.8 Å². The van der Waals surface area contributed by atoms with Gasteiger partial charge in [-0.1, -0.05) is 11.6 Å². The third kappa shape index (κ3) is 7.04. The lowest BCUT2D eigenvalue weighted by atomic mass is 9.78. The molecule has 1 aliphatic heterocycles. The Kier molecular flexibility index (Phi) is 12.3. The van der Waals surface area contributed by atoms with Crippen LogP contribution in [0.5, 0.6) is 11.5 Å². The van der Waals surface area contributed by atoms with Gasteiger partial charge in [-0.15, -0.1) is 0 Å². The lowest BCUT2D eigenvalue weighted by Gasteiger charge is -2.43. The highest BCUT2D eigenvalue weighted by Crippen LogP contribution is 2.64. The number of rotatable bonds is 14. The summed E-state index contributed by atoms with van der Waals surface area (Å²) >= 11 is 0. The number of fused-ring (bicyclic) bond motifs is 1. The number of methoxy groups -OCH3 is 2. The molecule has 29 heteroatoms. The van der Waals surface area contributed by atoms with Gasteiger partial charge in [0.25, 0.3) is 10.0 Å². The fourth-order valence-electron chi connectivity index (χ4n) is 5.08. The molecule has 0 fully saturated rings. The van der Waals surface area contributed by atoms with Gasteiger partial charge in [-0.25, -0.2) is 8.42 Å². The normalized spacial score (nSPS) is 17.5. The third-order valence-electron chi connectivity index (χ3n) is 8.63. The Morgan fingerprint density at radius 3 is 1.58 bits per heavy atom. The van der Waals surface area contributed by atoms with Gasteiger partial charge in [0.15, 0.2) is 5.78 Å². The second-order valence-electron chi connectivity index (χ2n) is 13.0. The van der Waals surface area contributed by atoms with Crippen molar-refractivity contribution in [3.63, 3.8) is 0 Å². The third-order valence-corrected chi connectivity index (χ3v) is 12.7. The van der Waals surface area contributed by atoms with E-state index < -0.39 is 122 Å². The number of hydrogen-bond donors (Lipinski definition) is 0. The minimum atomic E-state index is -9.23. The highest BCUT2D eigenvalue weighted by Gasteiger charge is 2.96. The average Bonchev–Trinajstić information content (AvgIpc) is 3.12. The molecule has 60 heavy (non-hydrogen) atoms. The van der Waals surface area contributed by atoms with Crippen LogP contribution in [0.25, 0.3) is 0 Å². The first kappa shape index (κ1) is 49.8. The first-order valence-electron chi connectivity index (χ1n) is 15.4. The second-order valence-corrected chi connectivity index (χ2v) is 16.9. The van der Waals surface area contributed by atoms with E-state index in [0.29, 0.717) is 19.2 Å². The minimum Gasteiger partial charge on any atom is -0.497 e. The Labute approximate surface area is 325 Å². The maximum atomic E-state index is 15.7. The number of nitrogens with zero attached hydrogens (tertiary/aromatic N) is 1. The Bertz CT molecular complexity index is 2280. The zero-order valence-electron chi connectivity index (χ0n) is 30.1. The van der Waals surface area contributed by atoms with Gasteiger partial charge < -0.3 is 14.2 Å². The number of Topliss-reactive ketones (excluding diaryl/α,β-unsaturated/α-hetero) is 1. The monoisotopic (exact) mass is 941 g/mol. The number of ether oxygens (including phenoxy) is 3. The topological polar surface area (TPSA) is 133 Å². The first-order valence-corrected chi connectivity index (χ1v) is 18.3. The Balaban J connectivity index is 2.50. The van der Waals surface area contributed by atoms with Crippen LogP contribution in [-0.2, 0) is 29.6 Å². The van der Waals surface area contributed by atoms with E-state index in [1.165, 1.54) is 13.0 Å². The number of sulfonamides is 2. The van der Waals surface area contributed by atoms with Crippen LogP contribution in [0.15, 0.2) is 59.1 Å². The Morgan fingerprint density at radius 1 is 0.700 bits per heavy atom. The molecule has 1 unspecified atom stereocenters. The summed E-state index contributed by atoms with van der Waals surface area (Å²) < 4.78 is 308. The van der Waals surface area contributed by atoms with Crippen molar-refractivity contribution in [2.24, 2.45) is 5.41 Å². The first-order chi connectivity index (χ1) is 26.6. The quantitative estimate of drug-likeness (QED) is 0.105. The Hall–Kier alpha value is -4.57. The van der Waals surface area contributed by atoms with Gasteiger partial charge in [-0.3, -0.25) is 9.59 Å². The fraction of sp³-hybridized carbons (Fsp3) is 0.484. The van der Waals surface area contributed by atoms with Gasteiger partial charge in [0.05, 0.1) is 30.3 Å². The van der Waals surface area contributed by atoms with Gasteiger partial charge in [-0.2, -0.15) is 86.8 Å². The highest BCUT2D eigenvalue weighted by molar-refractivity contribution is 8.04. The molecule has 0 bridgehead atoms. The van der Waals surface area contributed by atoms with E-state index in [1.807, 2.05) is 0 Å². The maximum Gasteiger partial charge on any atom is 0.460 e. The predicted molar refractivity (Wildman–Crippen MR) is 165 cm³/mol. The average molecular weight is 942 g/mol. The molecule has 0 aromatic heterocycles. The van der Waals surface area contributed by atoms with E-state index in [4.69, 9.17) is 9.47 Å². The summed E-state index contributed by atoms with van der Waals surface area (Å²) in [6, 6.07) is 4.69. The lowest BCUT2D eigenvalue weighted by Crippen LogP contribution is -2.75. The molecule has 2 aromatic rings. The van der Waals surface area contributed by atoms with Gasteiger partial charge in [0.2, 0.25) is 0 Å². The molecule has 10 nitrogen and oxygen atoms in total. The number of carbonyl (C=O) groups excluding carboxylic acids is 2. The van der Waals surface area contributed by atoms with Crippen LogP contribution in [0.3, 0.4) is 0 Å². The summed E-state index contributed by atoms with van der Waals surface area (Å²) in [6.45, 7) is 2.86. The van der Waals surface area contributed by atoms with Crippen LogP contribution in [0, 0.1) is 12.3 Å². The van der Waals surface area contributed by atoms with Crippen LogP contribution in [0.2, 0.25) is 0 Å². The summed E-state index contributed by atoms with van der Waals surface area (Å²) in [5.74, 6) is -58.0. The summed E-state index contributed by atoms with van der Waals surface area (Å²) in [7, 11) is -13.8. The molecular formula is C31H24F17NO9S2. The second kappa shape index (κ2) is 14.8. The van der Waals surface area contributed by atoms with E-state index in [-0.39, 0.29) is 23.4 Å². The van der Waals surface area contributed by atoms with Crippen molar-refractivity contribution >= 4 is 31.8 Å². The Morgan fingerprint density at radius 2 is 1.15 bits per heavy atom. The van der Waals surface area contributed by atoms with Crippen molar-refractivity contribution in [3.8, 4) is 11.5 Å². The number of hydrogen-bond acceptors (Lipinski definition) is 9. The van der Waals surface area contributed by atoms with E-state index in [1.54, 1.807) is 0 Å². The molecule has 2 aromatic carbocycles.